The molecular weight excluding hydrogens is 280 g/mol. The van der Waals surface area contributed by atoms with E-state index in [2.05, 4.69) is 39.9 Å². The van der Waals surface area contributed by atoms with E-state index >= 15 is 0 Å². The largest absolute Gasteiger partial charge is 0.368 e. The predicted molar refractivity (Wildman–Crippen MR) is 89.8 cm³/mol. The van der Waals surface area contributed by atoms with Crippen LogP contribution in [0.3, 0.4) is 0 Å². The van der Waals surface area contributed by atoms with E-state index in [-0.39, 0.29) is 5.60 Å². The second-order valence-electron chi connectivity index (χ2n) is 6.67. The predicted octanol–water partition coefficient (Wildman–Crippen LogP) is 4.39. The van der Waals surface area contributed by atoms with Gasteiger partial charge in [-0.1, -0.05) is 20.8 Å². The van der Waals surface area contributed by atoms with Crippen LogP contribution < -0.4 is 5.32 Å². The quantitative estimate of drug-likeness (QED) is 0.846. The molecule has 0 amide bonds. The van der Waals surface area contributed by atoms with Gasteiger partial charge in [-0.05, 0) is 45.4 Å². The molecule has 1 fully saturated rings. The second-order valence-corrected chi connectivity index (χ2v) is 7.76. The van der Waals surface area contributed by atoms with Crippen LogP contribution in [0.1, 0.15) is 69.0 Å². The van der Waals surface area contributed by atoms with Crippen LogP contribution in [0, 0.1) is 12.8 Å². The van der Waals surface area contributed by atoms with Crippen LogP contribution in [-0.2, 0) is 16.9 Å². The minimum absolute atomic E-state index is 0.118. The van der Waals surface area contributed by atoms with Gasteiger partial charge < -0.3 is 10.1 Å². The van der Waals surface area contributed by atoms with Gasteiger partial charge in [0.2, 0.25) is 0 Å². The SMILES string of the molecule is CCOC1(c2nc(C)c(CNC(C)C)s2)CCC(C)CC1. The zero-order chi connectivity index (χ0) is 15.5. The van der Waals surface area contributed by atoms with Crippen LogP contribution in [0.15, 0.2) is 0 Å². The number of rotatable bonds is 6. The van der Waals surface area contributed by atoms with Gasteiger partial charge in [0.1, 0.15) is 10.6 Å². The molecule has 1 aliphatic rings. The molecule has 0 atom stereocenters. The number of hydrogen-bond donors (Lipinski definition) is 1. The van der Waals surface area contributed by atoms with Gasteiger partial charge >= 0.3 is 0 Å². The molecule has 1 aromatic rings. The summed E-state index contributed by atoms with van der Waals surface area (Å²) in [6, 6.07) is 0.506. The molecular formula is C17H30N2OS. The molecule has 0 bridgehead atoms. The highest BCUT2D eigenvalue weighted by Crippen LogP contribution is 2.44. The molecule has 1 saturated carbocycles. The summed E-state index contributed by atoms with van der Waals surface area (Å²) in [5.41, 5.74) is 1.05. The Labute approximate surface area is 133 Å². The summed E-state index contributed by atoms with van der Waals surface area (Å²) < 4.78 is 6.23. The highest BCUT2D eigenvalue weighted by Gasteiger charge is 2.39. The Bertz CT molecular complexity index is 448. The minimum atomic E-state index is -0.118. The highest BCUT2D eigenvalue weighted by atomic mass is 32.1. The van der Waals surface area contributed by atoms with E-state index in [4.69, 9.17) is 9.72 Å². The standard InChI is InChI=1S/C17H30N2OS/c1-6-20-17(9-7-13(4)8-10-17)16-19-14(5)15(21-16)11-18-12(2)3/h12-13,18H,6-11H2,1-5H3. The lowest BCUT2D eigenvalue weighted by atomic mass is 9.79. The summed E-state index contributed by atoms with van der Waals surface area (Å²) in [7, 11) is 0. The lowest BCUT2D eigenvalue weighted by Crippen LogP contribution is -2.34. The van der Waals surface area contributed by atoms with Crippen LogP contribution in [0.5, 0.6) is 0 Å². The summed E-state index contributed by atoms with van der Waals surface area (Å²) in [6.07, 6.45) is 4.73. The van der Waals surface area contributed by atoms with Crippen molar-refractivity contribution in [3.05, 3.63) is 15.6 Å². The van der Waals surface area contributed by atoms with Crippen LogP contribution in [0.4, 0.5) is 0 Å². The number of ether oxygens (including phenoxy) is 1. The monoisotopic (exact) mass is 310 g/mol. The summed E-state index contributed by atoms with van der Waals surface area (Å²) in [5, 5.41) is 4.70. The van der Waals surface area contributed by atoms with Crippen molar-refractivity contribution in [3.63, 3.8) is 0 Å². The average Bonchev–Trinajstić information content (AvgIpc) is 2.81. The molecule has 4 heteroatoms. The van der Waals surface area contributed by atoms with Crippen LogP contribution >= 0.6 is 11.3 Å². The fraction of sp³-hybridized carbons (Fsp3) is 0.824. The Hall–Kier alpha value is -0.450. The molecule has 0 spiro atoms. The van der Waals surface area contributed by atoms with Crippen molar-refractivity contribution in [2.75, 3.05) is 6.61 Å². The second kappa shape index (κ2) is 7.21. The Morgan fingerprint density at radius 3 is 2.62 bits per heavy atom. The summed E-state index contributed by atoms with van der Waals surface area (Å²) in [4.78, 5) is 6.24. The first-order chi connectivity index (χ1) is 9.97. The van der Waals surface area contributed by atoms with E-state index in [1.165, 1.54) is 28.4 Å². The zero-order valence-electron chi connectivity index (χ0n) is 14.2. The zero-order valence-corrected chi connectivity index (χ0v) is 15.0. The molecule has 0 saturated heterocycles. The molecule has 1 aliphatic carbocycles. The topological polar surface area (TPSA) is 34.1 Å². The summed E-state index contributed by atoms with van der Waals surface area (Å²) in [5.74, 6) is 0.821. The first-order valence-corrected chi connectivity index (χ1v) is 9.12. The van der Waals surface area contributed by atoms with Crippen molar-refractivity contribution in [3.8, 4) is 0 Å². The number of nitrogens with zero attached hydrogens (tertiary/aromatic N) is 1. The van der Waals surface area contributed by atoms with Gasteiger partial charge in [-0.3, -0.25) is 0 Å². The van der Waals surface area contributed by atoms with E-state index < -0.39 is 0 Å². The van der Waals surface area contributed by atoms with E-state index in [9.17, 15) is 0 Å². The maximum absolute atomic E-state index is 6.23. The molecule has 0 aromatic carbocycles. The van der Waals surface area contributed by atoms with E-state index in [0.717, 1.165) is 31.9 Å². The summed E-state index contributed by atoms with van der Waals surface area (Å²) in [6.45, 7) is 12.6. The van der Waals surface area contributed by atoms with Gasteiger partial charge in [-0.2, -0.15) is 0 Å². The third-order valence-electron chi connectivity index (χ3n) is 4.46. The van der Waals surface area contributed by atoms with Crippen molar-refractivity contribution < 1.29 is 4.74 Å². The molecule has 21 heavy (non-hydrogen) atoms. The fourth-order valence-corrected chi connectivity index (χ4v) is 4.22. The molecule has 0 radical (unpaired) electrons. The molecule has 1 aromatic heterocycles. The smallest absolute Gasteiger partial charge is 0.125 e. The Kier molecular flexibility index (Phi) is 5.81. The number of hydrogen-bond acceptors (Lipinski definition) is 4. The fourth-order valence-electron chi connectivity index (χ4n) is 3.01. The van der Waals surface area contributed by atoms with E-state index in [1.54, 1.807) is 0 Å². The van der Waals surface area contributed by atoms with Crippen molar-refractivity contribution in [1.82, 2.24) is 10.3 Å². The van der Waals surface area contributed by atoms with Crippen LogP contribution in [0.25, 0.3) is 0 Å². The summed E-state index contributed by atoms with van der Waals surface area (Å²) >= 11 is 1.85. The van der Waals surface area contributed by atoms with E-state index in [1.807, 2.05) is 11.3 Å². The molecule has 3 nitrogen and oxygen atoms in total. The molecule has 0 aliphatic heterocycles. The normalized spacial score (nSPS) is 26.5. The Morgan fingerprint density at radius 2 is 2.05 bits per heavy atom. The van der Waals surface area contributed by atoms with Crippen LogP contribution in [-0.4, -0.2) is 17.6 Å². The molecule has 1 N–H and O–H groups in total. The number of aromatic nitrogens is 1. The third-order valence-corrected chi connectivity index (χ3v) is 5.80. The van der Waals surface area contributed by atoms with E-state index in [0.29, 0.717) is 6.04 Å². The number of thiazole rings is 1. The van der Waals surface area contributed by atoms with Crippen molar-refractivity contribution in [1.29, 1.82) is 0 Å². The molecule has 1 heterocycles. The molecule has 0 unspecified atom stereocenters. The minimum Gasteiger partial charge on any atom is -0.368 e. The Morgan fingerprint density at radius 1 is 1.38 bits per heavy atom. The van der Waals surface area contributed by atoms with Gasteiger partial charge in [0.05, 0.1) is 5.69 Å². The van der Waals surface area contributed by atoms with Gasteiger partial charge in [0.15, 0.2) is 0 Å². The molecule has 120 valence electrons. The van der Waals surface area contributed by atoms with Gasteiger partial charge in [-0.25, -0.2) is 4.98 Å². The third kappa shape index (κ3) is 4.05. The highest BCUT2D eigenvalue weighted by molar-refractivity contribution is 7.11. The maximum Gasteiger partial charge on any atom is 0.125 e. The first-order valence-electron chi connectivity index (χ1n) is 8.31. The van der Waals surface area contributed by atoms with Gasteiger partial charge in [0.25, 0.3) is 0 Å². The van der Waals surface area contributed by atoms with Crippen molar-refractivity contribution >= 4 is 11.3 Å². The first kappa shape index (κ1) is 16.9. The number of nitrogens with one attached hydrogen (secondary N) is 1. The van der Waals surface area contributed by atoms with Crippen LogP contribution in [0.2, 0.25) is 0 Å². The van der Waals surface area contributed by atoms with Crippen molar-refractivity contribution in [2.24, 2.45) is 5.92 Å². The average molecular weight is 311 g/mol. The lowest BCUT2D eigenvalue weighted by Gasteiger charge is -2.37. The lowest BCUT2D eigenvalue weighted by molar-refractivity contribution is -0.0776. The molecule has 2 rings (SSSR count). The van der Waals surface area contributed by atoms with Gasteiger partial charge in [0, 0.05) is 24.1 Å². The number of aryl methyl sites for hydroxylation is 1. The Balaban J connectivity index is 2.19. The van der Waals surface area contributed by atoms with Gasteiger partial charge in [-0.15, -0.1) is 11.3 Å². The maximum atomic E-state index is 6.23. The van der Waals surface area contributed by atoms with Crippen molar-refractivity contribution in [2.45, 2.75) is 78.5 Å².